The molecular formula is C16H31N3. The Labute approximate surface area is 118 Å². The van der Waals surface area contributed by atoms with E-state index in [0.717, 1.165) is 31.7 Å². The fraction of sp³-hybridized carbons (Fsp3) is 0.812. The quantitative estimate of drug-likeness (QED) is 0.766. The summed E-state index contributed by atoms with van der Waals surface area (Å²) in [6.45, 7) is 16.6. The van der Waals surface area contributed by atoms with E-state index in [0.29, 0.717) is 11.3 Å². The second-order valence-corrected chi connectivity index (χ2v) is 6.56. The molecule has 0 aliphatic carbocycles. The van der Waals surface area contributed by atoms with Crippen LogP contribution in [0.15, 0.2) is 6.07 Å². The molecular weight excluding hydrogens is 234 g/mol. The number of hydrogen-bond acceptors (Lipinski definition) is 2. The van der Waals surface area contributed by atoms with Crippen molar-refractivity contribution in [3.63, 3.8) is 0 Å². The summed E-state index contributed by atoms with van der Waals surface area (Å²) >= 11 is 0. The molecule has 0 aromatic carbocycles. The van der Waals surface area contributed by atoms with Crippen molar-refractivity contribution in [2.75, 3.05) is 13.1 Å². The number of rotatable bonds is 7. The minimum atomic E-state index is 0.317. The maximum Gasteiger partial charge on any atom is 0.0596 e. The molecule has 110 valence electrons. The highest BCUT2D eigenvalue weighted by atomic mass is 15.3. The van der Waals surface area contributed by atoms with Crippen LogP contribution in [0.1, 0.15) is 52.4 Å². The van der Waals surface area contributed by atoms with Crippen LogP contribution in [0.5, 0.6) is 0 Å². The lowest BCUT2D eigenvalue weighted by molar-refractivity contribution is 0.227. The van der Waals surface area contributed by atoms with E-state index < -0.39 is 0 Å². The lowest BCUT2D eigenvalue weighted by Gasteiger charge is -2.31. The van der Waals surface area contributed by atoms with E-state index >= 15 is 0 Å². The Morgan fingerprint density at radius 3 is 2.53 bits per heavy atom. The van der Waals surface area contributed by atoms with Crippen molar-refractivity contribution in [3.8, 4) is 0 Å². The van der Waals surface area contributed by atoms with Crippen LogP contribution in [0.25, 0.3) is 0 Å². The molecule has 0 spiro atoms. The SMILES string of the molecule is CCCNCC(Cc1cc(C)nn1CC)C(C)(C)C. The van der Waals surface area contributed by atoms with Gasteiger partial charge in [-0.2, -0.15) is 5.10 Å². The van der Waals surface area contributed by atoms with E-state index in [9.17, 15) is 0 Å². The van der Waals surface area contributed by atoms with Gasteiger partial charge < -0.3 is 5.32 Å². The first-order chi connectivity index (χ1) is 8.88. The van der Waals surface area contributed by atoms with Crippen molar-refractivity contribution in [3.05, 3.63) is 17.5 Å². The van der Waals surface area contributed by atoms with Crippen LogP contribution in [0, 0.1) is 18.3 Å². The van der Waals surface area contributed by atoms with Crippen LogP contribution in [-0.4, -0.2) is 22.9 Å². The highest BCUT2D eigenvalue weighted by Gasteiger charge is 2.25. The van der Waals surface area contributed by atoms with E-state index in [4.69, 9.17) is 0 Å². The van der Waals surface area contributed by atoms with Crippen LogP contribution in [-0.2, 0) is 13.0 Å². The standard InChI is InChI=1S/C16H31N3/c1-7-9-17-12-14(16(4,5)6)11-15-10-13(3)18-19(15)8-2/h10,14,17H,7-9,11-12H2,1-6H3. The smallest absolute Gasteiger partial charge is 0.0596 e. The van der Waals surface area contributed by atoms with Gasteiger partial charge in [-0.1, -0.05) is 27.7 Å². The number of aromatic nitrogens is 2. The lowest BCUT2D eigenvalue weighted by atomic mass is 9.78. The Bertz CT molecular complexity index is 374. The van der Waals surface area contributed by atoms with Crippen molar-refractivity contribution in [1.82, 2.24) is 15.1 Å². The summed E-state index contributed by atoms with van der Waals surface area (Å²) < 4.78 is 2.15. The largest absolute Gasteiger partial charge is 0.316 e. The first kappa shape index (κ1) is 16.2. The van der Waals surface area contributed by atoms with Crippen molar-refractivity contribution in [2.24, 2.45) is 11.3 Å². The van der Waals surface area contributed by atoms with Crippen molar-refractivity contribution >= 4 is 0 Å². The zero-order valence-corrected chi connectivity index (χ0v) is 13.6. The molecule has 19 heavy (non-hydrogen) atoms. The fourth-order valence-corrected chi connectivity index (χ4v) is 2.43. The second-order valence-electron chi connectivity index (χ2n) is 6.56. The zero-order valence-electron chi connectivity index (χ0n) is 13.6. The first-order valence-electron chi connectivity index (χ1n) is 7.62. The van der Waals surface area contributed by atoms with E-state index in [1.54, 1.807) is 0 Å². The molecule has 0 saturated carbocycles. The minimum Gasteiger partial charge on any atom is -0.316 e. The van der Waals surface area contributed by atoms with Crippen LogP contribution < -0.4 is 5.32 Å². The fourth-order valence-electron chi connectivity index (χ4n) is 2.43. The molecule has 0 aliphatic rings. The summed E-state index contributed by atoms with van der Waals surface area (Å²) in [4.78, 5) is 0. The Hall–Kier alpha value is -0.830. The Balaban J connectivity index is 2.76. The number of hydrogen-bond donors (Lipinski definition) is 1. The van der Waals surface area contributed by atoms with Gasteiger partial charge >= 0.3 is 0 Å². The van der Waals surface area contributed by atoms with E-state index in [-0.39, 0.29) is 0 Å². The number of aryl methyl sites for hydroxylation is 2. The molecule has 1 rings (SSSR count). The van der Waals surface area contributed by atoms with E-state index in [2.05, 4.69) is 62.7 Å². The average molecular weight is 265 g/mol. The predicted octanol–water partition coefficient (Wildman–Crippen LogP) is 3.42. The molecule has 1 atom stereocenters. The molecule has 0 saturated heterocycles. The number of nitrogens with one attached hydrogen (secondary N) is 1. The predicted molar refractivity (Wildman–Crippen MR) is 82.4 cm³/mol. The molecule has 0 aliphatic heterocycles. The molecule has 0 radical (unpaired) electrons. The topological polar surface area (TPSA) is 29.9 Å². The van der Waals surface area contributed by atoms with Crippen molar-refractivity contribution < 1.29 is 0 Å². The summed E-state index contributed by atoms with van der Waals surface area (Å²) in [6.07, 6.45) is 2.30. The van der Waals surface area contributed by atoms with Crippen LogP contribution >= 0.6 is 0 Å². The van der Waals surface area contributed by atoms with Crippen LogP contribution in [0.2, 0.25) is 0 Å². The third kappa shape index (κ3) is 4.98. The summed E-state index contributed by atoms with van der Waals surface area (Å²) in [5, 5.41) is 8.13. The highest BCUT2D eigenvalue weighted by molar-refractivity contribution is 5.10. The second kappa shape index (κ2) is 7.09. The van der Waals surface area contributed by atoms with Gasteiger partial charge in [-0.15, -0.1) is 0 Å². The average Bonchev–Trinajstić information content (AvgIpc) is 2.67. The molecule has 0 bridgehead atoms. The molecule has 1 heterocycles. The molecule has 1 aromatic heterocycles. The normalized spacial score (nSPS) is 13.8. The van der Waals surface area contributed by atoms with Crippen LogP contribution in [0.3, 0.4) is 0 Å². The summed E-state index contributed by atoms with van der Waals surface area (Å²) in [5.74, 6) is 0.639. The van der Waals surface area contributed by atoms with Gasteiger partial charge in [0.25, 0.3) is 0 Å². The first-order valence-corrected chi connectivity index (χ1v) is 7.62. The van der Waals surface area contributed by atoms with Gasteiger partial charge in [0.1, 0.15) is 0 Å². The van der Waals surface area contributed by atoms with Gasteiger partial charge in [-0.05, 0) is 57.2 Å². The van der Waals surface area contributed by atoms with Gasteiger partial charge in [-0.3, -0.25) is 4.68 Å². The van der Waals surface area contributed by atoms with E-state index in [1.165, 1.54) is 12.1 Å². The highest BCUT2D eigenvalue weighted by Crippen LogP contribution is 2.28. The minimum absolute atomic E-state index is 0.317. The maximum atomic E-state index is 4.56. The maximum absolute atomic E-state index is 4.56. The Kier molecular flexibility index (Phi) is 6.05. The molecule has 0 amide bonds. The summed E-state index contributed by atoms with van der Waals surface area (Å²) in [5.41, 5.74) is 2.82. The van der Waals surface area contributed by atoms with Gasteiger partial charge in [0.05, 0.1) is 5.69 Å². The molecule has 1 N–H and O–H groups in total. The van der Waals surface area contributed by atoms with Crippen molar-refractivity contribution in [2.45, 2.75) is 60.9 Å². The Morgan fingerprint density at radius 1 is 1.32 bits per heavy atom. The lowest BCUT2D eigenvalue weighted by Crippen LogP contribution is -2.34. The summed E-state index contributed by atoms with van der Waals surface area (Å²) in [7, 11) is 0. The molecule has 3 heteroatoms. The van der Waals surface area contributed by atoms with Crippen molar-refractivity contribution in [1.29, 1.82) is 0 Å². The monoisotopic (exact) mass is 265 g/mol. The van der Waals surface area contributed by atoms with Gasteiger partial charge in [0.2, 0.25) is 0 Å². The molecule has 3 nitrogen and oxygen atoms in total. The molecule has 0 fully saturated rings. The third-order valence-corrected chi connectivity index (χ3v) is 3.78. The van der Waals surface area contributed by atoms with Gasteiger partial charge in [0, 0.05) is 12.2 Å². The third-order valence-electron chi connectivity index (χ3n) is 3.78. The van der Waals surface area contributed by atoms with Crippen LogP contribution in [0.4, 0.5) is 0 Å². The Morgan fingerprint density at radius 2 is 2.00 bits per heavy atom. The molecule has 1 aromatic rings. The summed E-state index contributed by atoms with van der Waals surface area (Å²) in [6, 6.07) is 2.24. The number of nitrogens with zero attached hydrogens (tertiary/aromatic N) is 2. The zero-order chi connectivity index (χ0) is 14.5. The van der Waals surface area contributed by atoms with Gasteiger partial charge in [0.15, 0.2) is 0 Å². The van der Waals surface area contributed by atoms with E-state index in [1.807, 2.05) is 0 Å². The van der Waals surface area contributed by atoms with Gasteiger partial charge in [-0.25, -0.2) is 0 Å². The molecule has 1 unspecified atom stereocenters.